The number of aromatic amines is 2. The Morgan fingerprint density at radius 1 is 1.12 bits per heavy atom. The highest BCUT2D eigenvalue weighted by atomic mass is 32.1. The Bertz CT molecular complexity index is 1780. The van der Waals surface area contributed by atoms with Gasteiger partial charge in [0.15, 0.2) is 0 Å². The fraction of sp³-hybridized carbons (Fsp3) is 0.257. The quantitative estimate of drug-likeness (QED) is 0.188. The van der Waals surface area contributed by atoms with Crippen LogP contribution in [0.2, 0.25) is 0 Å². The minimum absolute atomic E-state index is 0.700. The number of piperidine rings is 1. The van der Waals surface area contributed by atoms with Gasteiger partial charge in [0.05, 0.1) is 11.0 Å². The van der Waals surface area contributed by atoms with Crippen molar-refractivity contribution in [3.05, 3.63) is 100 Å². The van der Waals surface area contributed by atoms with Crippen molar-refractivity contribution in [2.45, 2.75) is 40.0 Å². The Hall–Kier alpha value is -4.00. The maximum absolute atomic E-state index is 4.67. The fourth-order valence-electron chi connectivity index (χ4n) is 5.47. The molecule has 41 heavy (non-hydrogen) atoms. The van der Waals surface area contributed by atoms with Crippen LogP contribution in [0.3, 0.4) is 0 Å². The van der Waals surface area contributed by atoms with Crippen molar-refractivity contribution in [3.63, 3.8) is 0 Å². The molecule has 0 amide bonds. The molecule has 5 rings (SSSR count). The fourth-order valence-corrected chi connectivity index (χ4v) is 6.44. The van der Waals surface area contributed by atoms with Crippen molar-refractivity contribution in [2.75, 3.05) is 13.1 Å². The lowest BCUT2D eigenvalue weighted by molar-refractivity contribution is 0.374. The van der Waals surface area contributed by atoms with Gasteiger partial charge < -0.3 is 10.3 Å². The third kappa shape index (κ3) is 6.19. The van der Waals surface area contributed by atoms with E-state index in [-0.39, 0.29) is 0 Å². The molecule has 0 aliphatic carbocycles. The molecule has 0 unspecified atom stereocenters. The van der Waals surface area contributed by atoms with Crippen LogP contribution in [-0.2, 0) is 0 Å². The van der Waals surface area contributed by atoms with Gasteiger partial charge in [0.2, 0.25) is 0 Å². The first-order valence-electron chi connectivity index (χ1n) is 14.3. The zero-order valence-electron chi connectivity index (χ0n) is 24.3. The van der Waals surface area contributed by atoms with Gasteiger partial charge in [0.25, 0.3) is 0 Å². The van der Waals surface area contributed by atoms with E-state index < -0.39 is 0 Å². The summed E-state index contributed by atoms with van der Waals surface area (Å²) in [6.07, 6.45) is 16.1. The van der Waals surface area contributed by atoms with Crippen LogP contribution in [0.15, 0.2) is 84.6 Å². The lowest BCUT2D eigenvalue weighted by Gasteiger charge is -2.23. The molecular weight excluding hydrogens is 522 g/mol. The summed E-state index contributed by atoms with van der Waals surface area (Å²) in [6, 6.07) is 8.51. The SMILES string of the molecule is C=C\C(=C/C(=C\C)C(/C=c1/c(-c2cc3c(-c4ccc(C(=C)C)s4)ccnc3[nH]2)n[nH]c1=C)=C/C)CC1CCNCC1. The van der Waals surface area contributed by atoms with Gasteiger partial charge in [-0.3, -0.25) is 5.10 Å². The average Bonchev–Trinajstić information content (AvgIpc) is 3.73. The van der Waals surface area contributed by atoms with E-state index in [1.807, 2.05) is 19.2 Å². The highest BCUT2D eigenvalue weighted by molar-refractivity contribution is 7.16. The van der Waals surface area contributed by atoms with Crippen molar-refractivity contribution in [2.24, 2.45) is 5.92 Å². The molecule has 0 aromatic carbocycles. The van der Waals surface area contributed by atoms with E-state index in [9.17, 15) is 0 Å². The van der Waals surface area contributed by atoms with Crippen LogP contribution < -0.4 is 15.9 Å². The maximum Gasteiger partial charge on any atom is 0.138 e. The molecule has 1 fully saturated rings. The van der Waals surface area contributed by atoms with E-state index in [0.717, 1.165) is 74.8 Å². The van der Waals surface area contributed by atoms with Crippen molar-refractivity contribution in [1.29, 1.82) is 0 Å². The molecule has 0 spiro atoms. The molecular formula is C35H39N5S. The first kappa shape index (κ1) is 28.5. The second-order valence-corrected chi connectivity index (χ2v) is 11.7. The molecule has 210 valence electrons. The van der Waals surface area contributed by atoms with Crippen LogP contribution >= 0.6 is 11.3 Å². The number of nitrogens with zero attached hydrogens (tertiary/aromatic N) is 2. The van der Waals surface area contributed by atoms with E-state index in [2.05, 4.69) is 108 Å². The molecule has 5 heterocycles. The number of rotatable bonds is 9. The molecule has 1 aliphatic heterocycles. The Labute approximate surface area is 246 Å². The number of allylic oxidation sites excluding steroid dienone is 8. The molecule has 1 saturated heterocycles. The molecule has 0 atom stereocenters. The van der Waals surface area contributed by atoms with E-state index >= 15 is 0 Å². The minimum Gasteiger partial charge on any atom is -0.338 e. The van der Waals surface area contributed by atoms with Gasteiger partial charge >= 0.3 is 0 Å². The van der Waals surface area contributed by atoms with E-state index in [1.54, 1.807) is 11.3 Å². The molecule has 5 nitrogen and oxygen atoms in total. The molecule has 4 aromatic rings. The zero-order valence-corrected chi connectivity index (χ0v) is 25.1. The van der Waals surface area contributed by atoms with E-state index in [4.69, 9.17) is 0 Å². The number of pyridine rings is 1. The number of nitrogens with one attached hydrogen (secondary N) is 3. The zero-order chi connectivity index (χ0) is 28.9. The molecule has 0 saturated carbocycles. The first-order chi connectivity index (χ1) is 19.9. The van der Waals surface area contributed by atoms with Crippen LogP contribution in [0.1, 0.15) is 44.9 Å². The standard InChI is InChI=1S/C35H39N5S/c1-7-24(18-25-12-15-36-16-13-25)19-26(8-2)27(9-3)20-29-23(6)39-40-34(29)31-21-30-28(14-17-37-35(30)38-31)33-11-10-32(41-33)22(4)5/h7-11,14,17,19-21,25,36,39H,1,4,6,12-13,15-16,18H2,2-3,5H3,(H,37,38)/b24-19+,26-8+,27-9+,29-20+. The summed E-state index contributed by atoms with van der Waals surface area (Å²) in [5.74, 6) is 0.700. The minimum atomic E-state index is 0.700. The normalized spacial score (nSPS) is 16.1. The molecule has 4 aromatic heterocycles. The van der Waals surface area contributed by atoms with Gasteiger partial charge in [-0.1, -0.05) is 44.0 Å². The lowest BCUT2D eigenvalue weighted by Crippen LogP contribution is -2.27. The monoisotopic (exact) mass is 561 g/mol. The van der Waals surface area contributed by atoms with Crippen LogP contribution in [0, 0.1) is 5.92 Å². The summed E-state index contributed by atoms with van der Waals surface area (Å²) >= 11 is 1.75. The summed E-state index contributed by atoms with van der Waals surface area (Å²) in [6.45, 7) is 20.9. The first-order valence-corrected chi connectivity index (χ1v) is 15.1. The number of hydrogen-bond acceptors (Lipinski definition) is 4. The van der Waals surface area contributed by atoms with Gasteiger partial charge in [-0.2, -0.15) is 5.10 Å². The Kier molecular flexibility index (Phi) is 8.81. The van der Waals surface area contributed by atoms with Crippen LogP contribution in [0.5, 0.6) is 0 Å². The Morgan fingerprint density at radius 3 is 2.59 bits per heavy atom. The maximum atomic E-state index is 4.67. The average molecular weight is 562 g/mol. The van der Waals surface area contributed by atoms with Crippen LogP contribution in [0.4, 0.5) is 0 Å². The third-order valence-electron chi connectivity index (χ3n) is 7.80. The number of fused-ring (bicyclic) bond motifs is 1. The van der Waals surface area contributed by atoms with Crippen LogP contribution in [0.25, 0.3) is 51.1 Å². The number of hydrogen-bond donors (Lipinski definition) is 3. The largest absolute Gasteiger partial charge is 0.338 e. The molecule has 6 heteroatoms. The summed E-state index contributed by atoms with van der Waals surface area (Å²) in [7, 11) is 0. The summed E-state index contributed by atoms with van der Waals surface area (Å²) in [5.41, 5.74) is 8.33. The summed E-state index contributed by atoms with van der Waals surface area (Å²) in [4.78, 5) is 10.5. The van der Waals surface area contributed by atoms with Gasteiger partial charge in [-0.05, 0) is 112 Å². The number of H-pyrrole nitrogens is 2. The molecule has 3 N–H and O–H groups in total. The molecule has 0 radical (unpaired) electrons. The number of aromatic nitrogens is 4. The second kappa shape index (κ2) is 12.7. The van der Waals surface area contributed by atoms with Gasteiger partial charge in [-0.15, -0.1) is 11.3 Å². The number of thiophene rings is 1. The Morgan fingerprint density at radius 2 is 1.90 bits per heavy atom. The predicted molar refractivity (Wildman–Crippen MR) is 177 cm³/mol. The van der Waals surface area contributed by atoms with E-state index in [1.165, 1.54) is 28.2 Å². The smallest absolute Gasteiger partial charge is 0.138 e. The third-order valence-corrected chi connectivity index (χ3v) is 9.08. The van der Waals surface area contributed by atoms with E-state index in [0.29, 0.717) is 5.92 Å². The predicted octanol–water partition coefficient (Wildman–Crippen LogP) is 7.30. The van der Waals surface area contributed by atoms with Gasteiger partial charge in [0.1, 0.15) is 11.3 Å². The second-order valence-electron chi connectivity index (χ2n) is 10.7. The topological polar surface area (TPSA) is 69.4 Å². The van der Waals surface area contributed by atoms with Gasteiger partial charge in [0, 0.05) is 32.1 Å². The molecule has 0 bridgehead atoms. The van der Waals surface area contributed by atoms with Gasteiger partial charge in [-0.25, -0.2) is 4.98 Å². The lowest BCUT2D eigenvalue weighted by atomic mass is 9.89. The Balaban J connectivity index is 1.52. The highest BCUT2D eigenvalue weighted by Crippen LogP contribution is 2.36. The van der Waals surface area contributed by atoms with Crippen molar-refractivity contribution < 1.29 is 0 Å². The highest BCUT2D eigenvalue weighted by Gasteiger charge is 2.16. The van der Waals surface area contributed by atoms with Crippen LogP contribution in [-0.4, -0.2) is 33.3 Å². The van der Waals surface area contributed by atoms with Crippen molar-refractivity contribution in [3.8, 4) is 21.8 Å². The van der Waals surface area contributed by atoms with Crippen molar-refractivity contribution >= 4 is 40.6 Å². The van der Waals surface area contributed by atoms with Crippen molar-refractivity contribution in [1.82, 2.24) is 25.5 Å². The summed E-state index contributed by atoms with van der Waals surface area (Å²) in [5, 5.41) is 14.0. The summed E-state index contributed by atoms with van der Waals surface area (Å²) < 4.78 is 0. The molecule has 1 aliphatic rings.